The van der Waals surface area contributed by atoms with E-state index >= 15 is 0 Å². The molecule has 3 aromatic rings. The van der Waals surface area contributed by atoms with Gasteiger partial charge < -0.3 is 0 Å². The van der Waals surface area contributed by atoms with Gasteiger partial charge in [0.15, 0.2) is 5.43 Å². The maximum Gasteiger partial charge on any atom is 0.181 e. The Labute approximate surface area is 129 Å². The van der Waals surface area contributed by atoms with Gasteiger partial charge >= 0.3 is 0 Å². The molecule has 0 radical (unpaired) electrons. The second-order valence-electron chi connectivity index (χ2n) is 4.39. The summed E-state index contributed by atoms with van der Waals surface area (Å²) in [7, 11) is 0. The molecule has 0 bridgehead atoms. The maximum atomic E-state index is 11.9. The average Bonchev–Trinajstić information content (AvgIpc) is 2.48. The molecule has 3 heteroatoms. The van der Waals surface area contributed by atoms with Gasteiger partial charge in [-0.2, -0.15) is 0 Å². The molecule has 0 aliphatic carbocycles. The SMILES string of the molecule is O=c1cc(-c2ccccc2)sc(-c2ccc(Br)cc2)c1. The zero-order valence-corrected chi connectivity index (χ0v) is 12.9. The largest absolute Gasteiger partial charge is 0.290 e. The van der Waals surface area contributed by atoms with Crippen molar-refractivity contribution in [3.63, 3.8) is 0 Å². The molecular formula is C17H11BrOS. The van der Waals surface area contributed by atoms with E-state index in [-0.39, 0.29) is 5.43 Å². The molecule has 3 rings (SSSR count). The molecule has 98 valence electrons. The molecule has 0 saturated heterocycles. The summed E-state index contributed by atoms with van der Waals surface area (Å²) < 4.78 is 1.04. The molecule has 20 heavy (non-hydrogen) atoms. The summed E-state index contributed by atoms with van der Waals surface area (Å²) in [4.78, 5) is 13.9. The molecule has 1 aromatic heterocycles. The topological polar surface area (TPSA) is 17.1 Å². The summed E-state index contributed by atoms with van der Waals surface area (Å²) >= 11 is 5.06. The first-order valence-corrected chi connectivity index (χ1v) is 7.80. The van der Waals surface area contributed by atoms with Crippen LogP contribution in [0, 0.1) is 0 Å². The Balaban J connectivity index is 2.12. The smallest absolute Gasteiger partial charge is 0.181 e. The van der Waals surface area contributed by atoms with E-state index < -0.39 is 0 Å². The van der Waals surface area contributed by atoms with E-state index in [2.05, 4.69) is 15.9 Å². The van der Waals surface area contributed by atoms with E-state index in [1.807, 2.05) is 54.6 Å². The van der Waals surface area contributed by atoms with E-state index in [0.29, 0.717) is 0 Å². The molecule has 0 N–H and O–H groups in total. The van der Waals surface area contributed by atoms with Crippen LogP contribution in [0.4, 0.5) is 0 Å². The maximum absolute atomic E-state index is 11.9. The van der Waals surface area contributed by atoms with Crippen LogP contribution in [-0.4, -0.2) is 0 Å². The van der Waals surface area contributed by atoms with Gasteiger partial charge in [0.05, 0.1) is 0 Å². The highest BCUT2D eigenvalue weighted by molar-refractivity contribution is 9.10. The highest BCUT2D eigenvalue weighted by atomic mass is 79.9. The first-order chi connectivity index (χ1) is 9.72. The lowest BCUT2D eigenvalue weighted by atomic mass is 10.1. The Morgan fingerprint density at radius 3 is 1.90 bits per heavy atom. The third-order valence-electron chi connectivity index (χ3n) is 2.95. The van der Waals surface area contributed by atoms with Crippen LogP contribution in [0.2, 0.25) is 0 Å². The summed E-state index contributed by atoms with van der Waals surface area (Å²) in [6, 6.07) is 21.4. The van der Waals surface area contributed by atoms with Gasteiger partial charge in [0.2, 0.25) is 0 Å². The van der Waals surface area contributed by atoms with Crippen LogP contribution in [0.1, 0.15) is 0 Å². The van der Waals surface area contributed by atoms with Crippen molar-refractivity contribution in [2.24, 2.45) is 0 Å². The van der Waals surface area contributed by atoms with Gasteiger partial charge in [0, 0.05) is 26.4 Å². The lowest BCUT2D eigenvalue weighted by Gasteiger charge is -2.04. The fourth-order valence-corrected chi connectivity index (χ4v) is 3.34. The van der Waals surface area contributed by atoms with Crippen LogP contribution in [0.5, 0.6) is 0 Å². The highest BCUT2D eigenvalue weighted by Crippen LogP contribution is 2.31. The monoisotopic (exact) mass is 342 g/mol. The molecular weight excluding hydrogens is 332 g/mol. The molecule has 1 nitrogen and oxygen atoms in total. The number of hydrogen-bond acceptors (Lipinski definition) is 2. The first-order valence-electron chi connectivity index (χ1n) is 6.19. The van der Waals surface area contributed by atoms with Gasteiger partial charge in [-0.05, 0) is 23.3 Å². The zero-order chi connectivity index (χ0) is 13.9. The normalized spacial score (nSPS) is 10.4. The molecule has 0 aliphatic heterocycles. The minimum absolute atomic E-state index is 0.0421. The van der Waals surface area contributed by atoms with Crippen molar-refractivity contribution >= 4 is 27.3 Å². The second kappa shape index (κ2) is 5.73. The van der Waals surface area contributed by atoms with Crippen molar-refractivity contribution in [1.29, 1.82) is 0 Å². The van der Waals surface area contributed by atoms with E-state index in [9.17, 15) is 4.79 Å². The van der Waals surface area contributed by atoms with Crippen LogP contribution in [0.25, 0.3) is 20.9 Å². The molecule has 0 aliphatic rings. The molecule has 0 fully saturated rings. The van der Waals surface area contributed by atoms with Crippen molar-refractivity contribution in [1.82, 2.24) is 0 Å². The molecule has 0 unspecified atom stereocenters. The number of benzene rings is 2. The van der Waals surface area contributed by atoms with Gasteiger partial charge in [0.1, 0.15) is 0 Å². The molecule has 2 aromatic carbocycles. The quantitative estimate of drug-likeness (QED) is 0.625. The molecule has 1 heterocycles. The predicted molar refractivity (Wildman–Crippen MR) is 89.2 cm³/mol. The molecule has 0 atom stereocenters. The predicted octanol–water partition coefficient (Wildman–Crippen LogP) is 5.20. The number of rotatable bonds is 2. The summed E-state index contributed by atoms with van der Waals surface area (Å²) in [6.07, 6.45) is 0. The van der Waals surface area contributed by atoms with Crippen LogP contribution in [0.15, 0.2) is 76.0 Å². The van der Waals surface area contributed by atoms with E-state index in [1.54, 1.807) is 23.5 Å². The molecule has 0 amide bonds. The van der Waals surface area contributed by atoms with Crippen molar-refractivity contribution in [2.45, 2.75) is 0 Å². The summed E-state index contributed by atoms with van der Waals surface area (Å²) in [5.74, 6) is 0. The van der Waals surface area contributed by atoms with Gasteiger partial charge in [-0.3, -0.25) is 4.79 Å². The van der Waals surface area contributed by atoms with Crippen molar-refractivity contribution in [3.8, 4) is 20.9 Å². The van der Waals surface area contributed by atoms with Crippen molar-refractivity contribution in [3.05, 3.63) is 81.4 Å². The fourth-order valence-electron chi connectivity index (χ4n) is 1.98. The standard InChI is InChI=1S/C17H11BrOS/c18-14-8-6-13(7-9-14)17-11-15(19)10-16(20-17)12-4-2-1-3-5-12/h1-11H. The Morgan fingerprint density at radius 2 is 1.30 bits per heavy atom. The van der Waals surface area contributed by atoms with Crippen LogP contribution in [0.3, 0.4) is 0 Å². The van der Waals surface area contributed by atoms with Gasteiger partial charge in [-0.15, -0.1) is 11.3 Å². The number of halogens is 1. The zero-order valence-electron chi connectivity index (χ0n) is 10.5. The minimum Gasteiger partial charge on any atom is -0.290 e. The Morgan fingerprint density at radius 1 is 0.750 bits per heavy atom. The lowest BCUT2D eigenvalue weighted by molar-refractivity contribution is 1.60. The third-order valence-corrected chi connectivity index (χ3v) is 4.63. The average molecular weight is 343 g/mol. The highest BCUT2D eigenvalue weighted by Gasteiger charge is 2.05. The Bertz CT molecular complexity index is 776. The van der Waals surface area contributed by atoms with Crippen LogP contribution >= 0.6 is 27.3 Å². The third kappa shape index (κ3) is 2.89. The van der Waals surface area contributed by atoms with Crippen LogP contribution < -0.4 is 5.43 Å². The summed E-state index contributed by atoms with van der Waals surface area (Å²) in [5.41, 5.74) is 2.18. The van der Waals surface area contributed by atoms with E-state index in [1.165, 1.54) is 0 Å². The number of hydrogen-bond donors (Lipinski definition) is 0. The Hall–Kier alpha value is -1.71. The van der Waals surface area contributed by atoms with Gasteiger partial charge in [-0.1, -0.05) is 58.4 Å². The van der Waals surface area contributed by atoms with Crippen LogP contribution in [-0.2, 0) is 0 Å². The summed E-state index contributed by atoms with van der Waals surface area (Å²) in [6.45, 7) is 0. The van der Waals surface area contributed by atoms with Crippen molar-refractivity contribution < 1.29 is 0 Å². The Kier molecular flexibility index (Phi) is 3.81. The minimum atomic E-state index is 0.0421. The fraction of sp³-hybridized carbons (Fsp3) is 0. The second-order valence-corrected chi connectivity index (χ2v) is 6.39. The van der Waals surface area contributed by atoms with E-state index in [0.717, 1.165) is 25.4 Å². The van der Waals surface area contributed by atoms with Gasteiger partial charge in [0.25, 0.3) is 0 Å². The van der Waals surface area contributed by atoms with Gasteiger partial charge in [-0.25, -0.2) is 0 Å². The molecule has 0 saturated carbocycles. The summed E-state index contributed by atoms with van der Waals surface area (Å²) in [5, 5.41) is 0. The molecule has 0 spiro atoms. The first kappa shape index (κ1) is 13.3. The van der Waals surface area contributed by atoms with Crippen molar-refractivity contribution in [2.75, 3.05) is 0 Å². The lowest BCUT2D eigenvalue weighted by Crippen LogP contribution is -1.96. The van der Waals surface area contributed by atoms with E-state index in [4.69, 9.17) is 0 Å².